The normalized spacial score (nSPS) is 16.5. The molecule has 1 N–H and O–H groups in total. The fourth-order valence-corrected chi connectivity index (χ4v) is 4.16. The van der Waals surface area contributed by atoms with E-state index in [1.165, 1.54) is 6.07 Å². The van der Waals surface area contributed by atoms with E-state index < -0.39 is 11.6 Å². The predicted octanol–water partition coefficient (Wildman–Crippen LogP) is 5.49. The van der Waals surface area contributed by atoms with Crippen molar-refractivity contribution in [1.29, 1.82) is 0 Å². The second-order valence-corrected chi connectivity index (χ2v) is 8.09. The first-order valence-electron chi connectivity index (χ1n) is 10.7. The van der Waals surface area contributed by atoms with Crippen LogP contribution in [0.2, 0.25) is 0 Å². The van der Waals surface area contributed by atoms with Gasteiger partial charge in [0.05, 0.1) is 13.0 Å². The Morgan fingerprint density at radius 2 is 1.84 bits per heavy atom. The standard InChI is InChI=1S/C26H26F2N2O2/c1-32-21-11-9-19(10-12-21)22-6-2-3-7-25(22)29-26(31)20-5-4-14-30(17-20)16-18-8-13-23(27)24(28)15-18/h2-3,6-13,15,20H,4-5,14,16-17H2,1H3,(H,29,31)/t20-/m0/s1. The maximum atomic E-state index is 13.5. The minimum Gasteiger partial charge on any atom is -0.497 e. The van der Waals surface area contributed by atoms with Gasteiger partial charge in [0.2, 0.25) is 5.91 Å². The van der Waals surface area contributed by atoms with Crippen LogP contribution in [0, 0.1) is 17.6 Å². The van der Waals surface area contributed by atoms with Gasteiger partial charge < -0.3 is 10.1 Å². The minimum absolute atomic E-state index is 0.0269. The number of carbonyl (C=O) groups is 1. The van der Waals surface area contributed by atoms with Crippen LogP contribution < -0.4 is 10.1 Å². The first kappa shape index (κ1) is 22.0. The lowest BCUT2D eigenvalue weighted by Crippen LogP contribution is -2.40. The molecule has 1 amide bonds. The largest absolute Gasteiger partial charge is 0.497 e. The second kappa shape index (κ2) is 9.92. The molecular weight excluding hydrogens is 410 g/mol. The van der Waals surface area contributed by atoms with Gasteiger partial charge in [-0.3, -0.25) is 9.69 Å². The van der Waals surface area contributed by atoms with Crippen LogP contribution in [-0.4, -0.2) is 31.0 Å². The van der Waals surface area contributed by atoms with Crippen LogP contribution >= 0.6 is 0 Å². The molecule has 3 aromatic carbocycles. The first-order chi connectivity index (χ1) is 15.5. The fraction of sp³-hybridized carbons (Fsp3) is 0.269. The molecule has 0 spiro atoms. The molecule has 0 aromatic heterocycles. The highest BCUT2D eigenvalue weighted by Crippen LogP contribution is 2.30. The molecule has 0 aliphatic carbocycles. The van der Waals surface area contributed by atoms with Gasteiger partial charge >= 0.3 is 0 Å². The van der Waals surface area contributed by atoms with Crippen LogP contribution in [0.5, 0.6) is 5.75 Å². The third-order valence-electron chi connectivity index (χ3n) is 5.85. The number of hydrogen-bond donors (Lipinski definition) is 1. The summed E-state index contributed by atoms with van der Waals surface area (Å²) in [5, 5.41) is 3.10. The Balaban J connectivity index is 1.44. The molecule has 0 unspecified atom stereocenters. The number of likely N-dealkylation sites (tertiary alicyclic amines) is 1. The number of anilines is 1. The zero-order valence-electron chi connectivity index (χ0n) is 18.0. The van der Waals surface area contributed by atoms with E-state index in [2.05, 4.69) is 10.2 Å². The van der Waals surface area contributed by atoms with Crippen molar-refractivity contribution in [1.82, 2.24) is 4.90 Å². The van der Waals surface area contributed by atoms with Crippen molar-refractivity contribution >= 4 is 11.6 Å². The van der Waals surface area contributed by atoms with Gasteiger partial charge in [0.25, 0.3) is 0 Å². The van der Waals surface area contributed by atoms with E-state index >= 15 is 0 Å². The number of nitrogens with one attached hydrogen (secondary N) is 1. The average Bonchev–Trinajstić information content (AvgIpc) is 2.82. The third-order valence-corrected chi connectivity index (χ3v) is 5.85. The first-order valence-corrected chi connectivity index (χ1v) is 10.7. The minimum atomic E-state index is -0.847. The molecule has 1 heterocycles. The molecule has 1 aliphatic rings. The van der Waals surface area contributed by atoms with Gasteiger partial charge in [-0.05, 0) is 60.8 Å². The van der Waals surface area contributed by atoms with Crippen LogP contribution in [0.3, 0.4) is 0 Å². The number of ether oxygens (including phenoxy) is 1. The molecule has 1 fully saturated rings. The highest BCUT2D eigenvalue weighted by Gasteiger charge is 2.26. The van der Waals surface area contributed by atoms with E-state index in [-0.39, 0.29) is 11.8 Å². The van der Waals surface area contributed by atoms with E-state index in [4.69, 9.17) is 4.74 Å². The van der Waals surface area contributed by atoms with Crippen molar-refractivity contribution in [2.24, 2.45) is 5.92 Å². The number of rotatable bonds is 6. The molecule has 3 aromatic rings. The quantitative estimate of drug-likeness (QED) is 0.556. The zero-order valence-corrected chi connectivity index (χ0v) is 18.0. The van der Waals surface area contributed by atoms with Gasteiger partial charge in [-0.15, -0.1) is 0 Å². The number of benzene rings is 3. The number of methoxy groups -OCH3 is 1. The number of halogens is 2. The van der Waals surface area contributed by atoms with Crippen molar-refractivity contribution in [2.75, 3.05) is 25.5 Å². The summed E-state index contributed by atoms with van der Waals surface area (Å²) in [4.78, 5) is 15.2. The maximum Gasteiger partial charge on any atom is 0.228 e. The third kappa shape index (κ3) is 5.14. The molecule has 6 heteroatoms. The highest BCUT2D eigenvalue weighted by atomic mass is 19.2. The molecule has 1 saturated heterocycles. The molecule has 166 valence electrons. The summed E-state index contributed by atoms with van der Waals surface area (Å²) in [6.45, 7) is 1.89. The zero-order chi connectivity index (χ0) is 22.5. The van der Waals surface area contributed by atoms with Crippen LogP contribution in [0.1, 0.15) is 18.4 Å². The van der Waals surface area contributed by atoms with E-state index in [0.29, 0.717) is 18.7 Å². The van der Waals surface area contributed by atoms with Gasteiger partial charge in [0.1, 0.15) is 5.75 Å². The SMILES string of the molecule is COc1ccc(-c2ccccc2NC(=O)[C@H]2CCCN(Cc3ccc(F)c(F)c3)C2)cc1. The number of carbonyl (C=O) groups excluding carboxylic acids is 1. The summed E-state index contributed by atoms with van der Waals surface area (Å²) < 4.78 is 32.0. The summed E-state index contributed by atoms with van der Waals surface area (Å²) in [5.74, 6) is -1.11. The Bertz CT molecular complexity index is 1090. The molecule has 1 atom stereocenters. The van der Waals surface area contributed by atoms with Crippen molar-refractivity contribution in [3.63, 3.8) is 0 Å². The van der Waals surface area contributed by atoms with Gasteiger partial charge in [0.15, 0.2) is 11.6 Å². The van der Waals surface area contributed by atoms with Crippen molar-refractivity contribution in [2.45, 2.75) is 19.4 Å². The maximum absolute atomic E-state index is 13.5. The van der Waals surface area contributed by atoms with Crippen molar-refractivity contribution in [3.8, 4) is 16.9 Å². The number of nitrogens with zero attached hydrogens (tertiary/aromatic N) is 1. The number of amides is 1. The number of piperidine rings is 1. The average molecular weight is 437 g/mol. The molecule has 0 radical (unpaired) electrons. The lowest BCUT2D eigenvalue weighted by atomic mass is 9.96. The van der Waals surface area contributed by atoms with Gasteiger partial charge in [-0.2, -0.15) is 0 Å². The Labute approximate surface area is 186 Å². The molecular formula is C26H26F2N2O2. The van der Waals surface area contributed by atoms with E-state index in [1.54, 1.807) is 13.2 Å². The molecule has 4 nitrogen and oxygen atoms in total. The van der Waals surface area contributed by atoms with Crippen LogP contribution in [0.4, 0.5) is 14.5 Å². The van der Waals surface area contributed by atoms with Crippen molar-refractivity contribution in [3.05, 3.63) is 83.9 Å². The second-order valence-electron chi connectivity index (χ2n) is 8.09. The Kier molecular flexibility index (Phi) is 6.81. The summed E-state index contributed by atoms with van der Waals surface area (Å²) in [5.41, 5.74) is 3.40. The predicted molar refractivity (Wildman–Crippen MR) is 121 cm³/mol. The Morgan fingerprint density at radius 1 is 1.06 bits per heavy atom. The van der Waals surface area contributed by atoms with E-state index in [0.717, 1.165) is 48.0 Å². The Hall–Kier alpha value is -3.25. The highest BCUT2D eigenvalue weighted by molar-refractivity contribution is 5.97. The lowest BCUT2D eigenvalue weighted by molar-refractivity contribution is -0.121. The summed E-state index contributed by atoms with van der Waals surface area (Å²) >= 11 is 0. The smallest absolute Gasteiger partial charge is 0.228 e. The van der Waals surface area contributed by atoms with E-state index in [9.17, 15) is 13.6 Å². The van der Waals surface area contributed by atoms with Gasteiger partial charge in [0, 0.05) is 24.3 Å². The summed E-state index contributed by atoms with van der Waals surface area (Å²) in [6, 6.07) is 19.4. The topological polar surface area (TPSA) is 41.6 Å². The lowest BCUT2D eigenvalue weighted by Gasteiger charge is -2.32. The van der Waals surface area contributed by atoms with Crippen molar-refractivity contribution < 1.29 is 18.3 Å². The number of para-hydroxylation sites is 1. The fourth-order valence-electron chi connectivity index (χ4n) is 4.16. The van der Waals surface area contributed by atoms with E-state index in [1.807, 2.05) is 48.5 Å². The molecule has 0 saturated carbocycles. The van der Waals surface area contributed by atoms with Crippen LogP contribution in [0.15, 0.2) is 66.7 Å². The molecule has 32 heavy (non-hydrogen) atoms. The molecule has 0 bridgehead atoms. The van der Waals surface area contributed by atoms with Gasteiger partial charge in [-0.1, -0.05) is 36.4 Å². The molecule has 4 rings (SSSR count). The summed E-state index contributed by atoms with van der Waals surface area (Å²) in [7, 11) is 1.63. The van der Waals surface area contributed by atoms with Gasteiger partial charge in [-0.25, -0.2) is 8.78 Å². The Morgan fingerprint density at radius 3 is 2.59 bits per heavy atom. The monoisotopic (exact) mass is 436 g/mol. The van der Waals surface area contributed by atoms with Crippen LogP contribution in [-0.2, 0) is 11.3 Å². The number of hydrogen-bond acceptors (Lipinski definition) is 3. The summed E-state index contributed by atoms with van der Waals surface area (Å²) in [6.07, 6.45) is 1.67. The molecule has 1 aliphatic heterocycles. The van der Waals surface area contributed by atoms with Crippen LogP contribution in [0.25, 0.3) is 11.1 Å².